The minimum atomic E-state index is -0.178. The maximum Gasteiger partial charge on any atom is 0.267 e. The van der Waals surface area contributed by atoms with Crippen LogP contribution in [0.5, 0.6) is 5.75 Å². The molecule has 0 fully saturated rings. The third kappa shape index (κ3) is 4.91. The van der Waals surface area contributed by atoms with Crippen molar-refractivity contribution in [1.29, 1.82) is 0 Å². The summed E-state index contributed by atoms with van der Waals surface area (Å²) in [6.45, 7) is 4.24. The van der Waals surface area contributed by atoms with E-state index >= 15 is 0 Å². The molecule has 4 rings (SSSR count). The van der Waals surface area contributed by atoms with Crippen LogP contribution >= 0.6 is 11.6 Å². The average Bonchev–Trinajstić information content (AvgIpc) is 3.22. The molecule has 0 saturated heterocycles. The SMILES string of the molecule is COc1ccc(Cn2nc(C(C)c3cc(C)c(C(=O)c4ccc(Cl)cc4)[nH]3)ccc2=O)cc1. The number of nitrogens with one attached hydrogen (secondary N) is 1. The number of aromatic nitrogens is 3. The Morgan fingerprint density at radius 1 is 1.09 bits per heavy atom. The molecule has 33 heavy (non-hydrogen) atoms. The van der Waals surface area contributed by atoms with E-state index in [1.807, 2.05) is 44.2 Å². The number of carbonyl (C=O) groups excluding carboxylic acids is 1. The molecule has 0 aliphatic carbocycles. The van der Waals surface area contributed by atoms with Gasteiger partial charge < -0.3 is 9.72 Å². The topological polar surface area (TPSA) is 77.0 Å². The van der Waals surface area contributed by atoms with Gasteiger partial charge >= 0.3 is 0 Å². The zero-order valence-electron chi connectivity index (χ0n) is 18.6. The van der Waals surface area contributed by atoms with Gasteiger partial charge in [-0.1, -0.05) is 30.7 Å². The lowest BCUT2D eigenvalue weighted by Gasteiger charge is -2.12. The minimum absolute atomic E-state index is 0.0972. The van der Waals surface area contributed by atoms with Gasteiger partial charge in [0.05, 0.1) is 25.0 Å². The number of nitrogens with zero attached hydrogens (tertiary/aromatic N) is 2. The van der Waals surface area contributed by atoms with E-state index in [1.54, 1.807) is 37.4 Å². The molecule has 2 heterocycles. The van der Waals surface area contributed by atoms with Crippen LogP contribution in [0, 0.1) is 6.92 Å². The van der Waals surface area contributed by atoms with Crippen LogP contribution in [0.1, 0.15) is 51.4 Å². The molecular formula is C26H24ClN3O3. The van der Waals surface area contributed by atoms with Gasteiger partial charge in [-0.15, -0.1) is 0 Å². The molecule has 168 valence electrons. The fourth-order valence-electron chi connectivity index (χ4n) is 3.67. The zero-order chi connectivity index (χ0) is 23.5. The molecule has 0 bridgehead atoms. The molecule has 4 aromatic rings. The fourth-order valence-corrected chi connectivity index (χ4v) is 3.80. The summed E-state index contributed by atoms with van der Waals surface area (Å²) in [6.07, 6.45) is 0. The molecule has 0 aliphatic heterocycles. The van der Waals surface area contributed by atoms with Crippen molar-refractivity contribution in [3.63, 3.8) is 0 Å². The second kappa shape index (κ2) is 9.46. The Labute approximate surface area is 196 Å². The summed E-state index contributed by atoms with van der Waals surface area (Å²) in [5.74, 6) is 0.519. The van der Waals surface area contributed by atoms with Crippen LogP contribution in [-0.4, -0.2) is 27.7 Å². The number of ether oxygens (including phenoxy) is 1. The first kappa shape index (κ1) is 22.6. The van der Waals surface area contributed by atoms with E-state index in [2.05, 4.69) is 10.1 Å². The number of aromatic amines is 1. The summed E-state index contributed by atoms with van der Waals surface area (Å²) in [7, 11) is 1.61. The highest BCUT2D eigenvalue weighted by Gasteiger charge is 2.19. The van der Waals surface area contributed by atoms with Crippen LogP contribution in [0.15, 0.2) is 71.5 Å². The maximum absolute atomic E-state index is 13.0. The number of halogens is 1. The third-order valence-electron chi connectivity index (χ3n) is 5.66. The lowest BCUT2D eigenvalue weighted by atomic mass is 10.0. The lowest BCUT2D eigenvalue weighted by Crippen LogP contribution is -2.24. The van der Waals surface area contributed by atoms with Crippen molar-refractivity contribution >= 4 is 17.4 Å². The Morgan fingerprint density at radius 3 is 2.45 bits per heavy atom. The Hall–Kier alpha value is -3.64. The molecular weight excluding hydrogens is 438 g/mol. The van der Waals surface area contributed by atoms with Crippen LogP contribution in [0.4, 0.5) is 0 Å². The van der Waals surface area contributed by atoms with Crippen molar-refractivity contribution in [2.75, 3.05) is 7.11 Å². The summed E-state index contributed by atoms with van der Waals surface area (Å²) in [5.41, 5.74) is 4.30. The van der Waals surface area contributed by atoms with Gasteiger partial charge in [-0.2, -0.15) is 5.10 Å². The highest BCUT2D eigenvalue weighted by Crippen LogP contribution is 2.25. The molecule has 7 heteroatoms. The van der Waals surface area contributed by atoms with Gasteiger partial charge in [0.25, 0.3) is 5.56 Å². The van der Waals surface area contributed by atoms with Crippen LogP contribution < -0.4 is 10.3 Å². The summed E-state index contributed by atoms with van der Waals surface area (Å²) in [4.78, 5) is 28.6. The van der Waals surface area contributed by atoms with Crippen molar-refractivity contribution in [2.45, 2.75) is 26.3 Å². The zero-order valence-corrected chi connectivity index (χ0v) is 19.4. The number of H-pyrrole nitrogens is 1. The van der Waals surface area contributed by atoms with Gasteiger partial charge in [0.15, 0.2) is 0 Å². The smallest absolute Gasteiger partial charge is 0.267 e. The second-order valence-electron chi connectivity index (χ2n) is 7.94. The molecule has 0 aliphatic rings. The first-order valence-corrected chi connectivity index (χ1v) is 10.9. The summed E-state index contributed by atoms with van der Waals surface area (Å²) in [5, 5.41) is 5.17. The Bertz CT molecular complexity index is 1340. The number of ketones is 1. The number of aryl methyl sites for hydroxylation is 1. The molecule has 1 atom stereocenters. The van der Waals surface area contributed by atoms with E-state index in [4.69, 9.17) is 16.3 Å². The number of hydrogen-bond donors (Lipinski definition) is 1. The molecule has 0 spiro atoms. The third-order valence-corrected chi connectivity index (χ3v) is 5.91. The molecule has 6 nitrogen and oxygen atoms in total. The van der Waals surface area contributed by atoms with Gasteiger partial charge in [0.2, 0.25) is 5.78 Å². The first-order chi connectivity index (χ1) is 15.9. The minimum Gasteiger partial charge on any atom is -0.497 e. The largest absolute Gasteiger partial charge is 0.497 e. The van der Waals surface area contributed by atoms with Crippen LogP contribution in [0.2, 0.25) is 5.02 Å². The predicted molar refractivity (Wildman–Crippen MR) is 129 cm³/mol. The molecule has 2 aromatic carbocycles. The van der Waals surface area contributed by atoms with Gasteiger partial charge in [-0.3, -0.25) is 9.59 Å². The number of carbonyl (C=O) groups is 1. The van der Waals surface area contributed by atoms with Gasteiger partial charge in [0, 0.05) is 28.3 Å². The van der Waals surface area contributed by atoms with E-state index in [0.29, 0.717) is 22.8 Å². The maximum atomic E-state index is 13.0. The molecule has 1 N–H and O–H groups in total. The standard InChI is InChI=1S/C26H24ClN3O3/c1-16-14-23(28-25(16)26(32)19-6-8-20(27)9-7-19)17(2)22-12-13-24(31)30(29-22)15-18-4-10-21(33-3)11-5-18/h4-14,17,28H,15H2,1-3H3. The lowest BCUT2D eigenvalue weighted by molar-refractivity contribution is 0.103. The van der Waals surface area contributed by atoms with Crippen LogP contribution in [0.25, 0.3) is 0 Å². The van der Waals surface area contributed by atoms with E-state index in [0.717, 1.165) is 28.3 Å². The average molecular weight is 462 g/mol. The van der Waals surface area contributed by atoms with Crippen LogP contribution in [0.3, 0.4) is 0 Å². The summed E-state index contributed by atoms with van der Waals surface area (Å²) < 4.78 is 6.63. The Balaban J connectivity index is 1.59. The Kier molecular flexibility index (Phi) is 6.47. The number of benzene rings is 2. The van der Waals surface area contributed by atoms with Gasteiger partial charge in [-0.05, 0) is 66.6 Å². The monoisotopic (exact) mass is 461 g/mol. The Morgan fingerprint density at radius 2 is 1.79 bits per heavy atom. The van der Waals surface area contributed by atoms with Crippen molar-refractivity contribution in [3.05, 3.63) is 116 Å². The van der Waals surface area contributed by atoms with Crippen LogP contribution in [-0.2, 0) is 6.54 Å². The number of hydrogen-bond acceptors (Lipinski definition) is 4. The fraction of sp³-hybridized carbons (Fsp3) is 0.192. The van der Waals surface area contributed by atoms with E-state index < -0.39 is 0 Å². The first-order valence-electron chi connectivity index (χ1n) is 10.6. The second-order valence-corrected chi connectivity index (χ2v) is 8.38. The molecule has 0 radical (unpaired) electrons. The van der Waals surface area contributed by atoms with Gasteiger partial charge in [-0.25, -0.2) is 4.68 Å². The van der Waals surface area contributed by atoms with Gasteiger partial charge in [0.1, 0.15) is 5.75 Å². The van der Waals surface area contributed by atoms with Crippen molar-refractivity contribution in [1.82, 2.24) is 14.8 Å². The molecule has 1 unspecified atom stereocenters. The highest BCUT2D eigenvalue weighted by atomic mass is 35.5. The van der Waals surface area contributed by atoms with Crippen molar-refractivity contribution in [3.8, 4) is 5.75 Å². The number of rotatable bonds is 7. The highest BCUT2D eigenvalue weighted by molar-refractivity contribution is 6.30. The summed E-state index contributed by atoms with van der Waals surface area (Å²) in [6, 6.07) is 19.6. The molecule has 2 aromatic heterocycles. The molecule has 0 amide bonds. The van der Waals surface area contributed by atoms with E-state index in [1.165, 1.54) is 10.7 Å². The van der Waals surface area contributed by atoms with E-state index in [9.17, 15) is 9.59 Å². The van der Waals surface area contributed by atoms with Crippen molar-refractivity contribution < 1.29 is 9.53 Å². The number of methoxy groups -OCH3 is 1. The van der Waals surface area contributed by atoms with E-state index in [-0.39, 0.29) is 17.3 Å². The normalized spacial score (nSPS) is 11.9. The predicted octanol–water partition coefficient (Wildman–Crippen LogP) is 4.97. The molecule has 0 saturated carbocycles. The quantitative estimate of drug-likeness (QED) is 0.394. The van der Waals surface area contributed by atoms with Crippen molar-refractivity contribution in [2.24, 2.45) is 0 Å². The summed E-state index contributed by atoms with van der Waals surface area (Å²) >= 11 is 5.94.